The third kappa shape index (κ3) is 3.90. The second kappa shape index (κ2) is 7.71. The van der Waals surface area contributed by atoms with Crippen LogP contribution < -0.4 is 15.1 Å². The molecule has 0 radical (unpaired) electrons. The molecule has 4 rings (SSSR count). The largest absolute Gasteiger partial charge is 0.366 e. The summed E-state index contributed by atoms with van der Waals surface area (Å²) in [5.41, 5.74) is 0.634. The highest BCUT2D eigenvalue weighted by Crippen LogP contribution is 2.22. The number of anilines is 3. The Morgan fingerprint density at radius 3 is 2.41 bits per heavy atom. The Hall–Kier alpha value is -3.00. The molecule has 1 amide bonds. The van der Waals surface area contributed by atoms with Crippen molar-refractivity contribution in [2.75, 3.05) is 41.3 Å². The van der Waals surface area contributed by atoms with E-state index >= 15 is 0 Å². The monoisotopic (exact) mass is 383 g/mol. The zero-order chi connectivity index (χ0) is 18.6. The molecule has 2 aromatic heterocycles. The van der Waals surface area contributed by atoms with Gasteiger partial charge in [0.15, 0.2) is 11.6 Å². The molecule has 1 N–H and O–H groups in total. The van der Waals surface area contributed by atoms with Gasteiger partial charge in [0, 0.05) is 26.2 Å². The molecule has 3 heterocycles. The quantitative estimate of drug-likeness (QED) is 0.749. The number of rotatable bonds is 4. The highest BCUT2D eigenvalue weighted by atomic mass is 32.1. The number of benzene rings is 1. The lowest BCUT2D eigenvalue weighted by Gasteiger charge is -2.36. The number of piperazine rings is 1. The molecule has 0 saturated carbocycles. The molecule has 1 fully saturated rings. The van der Waals surface area contributed by atoms with Gasteiger partial charge >= 0.3 is 0 Å². The van der Waals surface area contributed by atoms with Crippen LogP contribution in [0.4, 0.5) is 21.7 Å². The zero-order valence-electron chi connectivity index (χ0n) is 14.5. The van der Waals surface area contributed by atoms with E-state index in [1.165, 1.54) is 17.4 Å². The maximum absolute atomic E-state index is 13.9. The van der Waals surface area contributed by atoms with Crippen LogP contribution >= 0.6 is 11.3 Å². The molecule has 138 valence electrons. The molecule has 0 atom stereocenters. The van der Waals surface area contributed by atoms with Gasteiger partial charge in [-0.1, -0.05) is 18.2 Å². The molecule has 0 unspecified atom stereocenters. The van der Waals surface area contributed by atoms with Crippen LogP contribution in [0.1, 0.15) is 9.67 Å². The highest BCUT2D eigenvalue weighted by molar-refractivity contribution is 7.12. The van der Waals surface area contributed by atoms with E-state index < -0.39 is 0 Å². The van der Waals surface area contributed by atoms with Gasteiger partial charge in [0.25, 0.3) is 5.91 Å². The summed E-state index contributed by atoms with van der Waals surface area (Å²) in [5, 5.41) is 12.9. The normalized spacial score (nSPS) is 14.3. The molecule has 0 aliphatic carbocycles. The Morgan fingerprint density at radius 2 is 1.74 bits per heavy atom. The molecule has 1 aliphatic rings. The molecule has 1 aromatic carbocycles. The maximum Gasteiger partial charge on any atom is 0.266 e. The molecule has 27 heavy (non-hydrogen) atoms. The Bertz CT molecular complexity index is 908. The van der Waals surface area contributed by atoms with E-state index in [0.29, 0.717) is 29.5 Å². The molecule has 1 saturated heterocycles. The molecule has 8 heteroatoms. The number of amides is 1. The summed E-state index contributed by atoms with van der Waals surface area (Å²) in [6, 6.07) is 14.0. The number of nitrogens with zero attached hydrogens (tertiary/aromatic N) is 4. The van der Waals surface area contributed by atoms with Crippen LogP contribution in [0, 0.1) is 5.82 Å². The van der Waals surface area contributed by atoms with Crippen molar-refractivity contribution in [2.45, 2.75) is 0 Å². The molecule has 0 bridgehead atoms. The van der Waals surface area contributed by atoms with Crippen molar-refractivity contribution in [3.8, 4) is 0 Å². The minimum absolute atomic E-state index is 0.189. The van der Waals surface area contributed by atoms with E-state index in [9.17, 15) is 9.18 Å². The van der Waals surface area contributed by atoms with Gasteiger partial charge in [-0.2, -0.15) is 0 Å². The van der Waals surface area contributed by atoms with Crippen LogP contribution in [0.5, 0.6) is 0 Å². The lowest BCUT2D eigenvalue weighted by molar-refractivity contribution is 0.103. The molecule has 1 aliphatic heterocycles. The van der Waals surface area contributed by atoms with E-state index in [1.54, 1.807) is 24.3 Å². The van der Waals surface area contributed by atoms with Crippen LogP contribution in [-0.4, -0.2) is 42.3 Å². The Morgan fingerprint density at radius 1 is 0.963 bits per heavy atom. The summed E-state index contributed by atoms with van der Waals surface area (Å²) in [6.45, 7) is 2.87. The first-order chi connectivity index (χ1) is 13.2. The van der Waals surface area contributed by atoms with E-state index in [-0.39, 0.29) is 11.7 Å². The Labute approximate surface area is 160 Å². The first-order valence-electron chi connectivity index (χ1n) is 8.64. The standard InChI is InChI=1S/C19H18FN5OS/c20-14-4-1-2-5-15(14)24-9-11-25(12-10-24)18-8-7-17(22-23-18)21-19(26)16-6-3-13-27-16/h1-8,13H,9-12H2,(H,21,22,26). The third-order valence-electron chi connectivity index (χ3n) is 4.43. The number of carbonyl (C=O) groups excluding carboxylic acids is 1. The van der Waals surface area contributed by atoms with Gasteiger partial charge in [0.1, 0.15) is 5.82 Å². The lowest BCUT2D eigenvalue weighted by Crippen LogP contribution is -2.47. The van der Waals surface area contributed by atoms with Gasteiger partial charge in [0.05, 0.1) is 10.6 Å². The van der Waals surface area contributed by atoms with Gasteiger partial charge in [-0.3, -0.25) is 4.79 Å². The predicted octanol–water partition coefficient (Wildman–Crippen LogP) is 3.26. The fraction of sp³-hybridized carbons (Fsp3) is 0.211. The number of carbonyl (C=O) groups is 1. The van der Waals surface area contributed by atoms with Gasteiger partial charge in [-0.25, -0.2) is 4.39 Å². The first-order valence-corrected chi connectivity index (χ1v) is 9.52. The summed E-state index contributed by atoms with van der Waals surface area (Å²) in [5.74, 6) is 0.779. The van der Waals surface area contributed by atoms with Gasteiger partial charge in [-0.05, 0) is 35.7 Å². The van der Waals surface area contributed by atoms with Gasteiger partial charge < -0.3 is 15.1 Å². The smallest absolute Gasteiger partial charge is 0.266 e. The van der Waals surface area contributed by atoms with Crippen LogP contribution in [0.3, 0.4) is 0 Å². The number of hydrogen-bond acceptors (Lipinski definition) is 6. The number of nitrogens with one attached hydrogen (secondary N) is 1. The minimum atomic E-state index is -0.198. The van der Waals surface area contributed by atoms with Gasteiger partial charge in [0.2, 0.25) is 0 Å². The summed E-state index contributed by atoms with van der Waals surface area (Å²) in [7, 11) is 0. The van der Waals surface area contributed by atoms with E-state index in [4.69, 9.17) is 0 Å². The Balaban J connectivity index is 1.36. The van der Waals surface area contributed by atoms with Crippen molar-refractivity contribution in [3.05, 3.63) is 64.6 Å². The number of hydrogen-bond donors (Lipinski definition) is 1. The number of para-hydroxylation sites is 1. The lowest BCUT2D eigenvalue weighted by atomic mass is 10.2. The fourth-order valence-corrected chi connectivity index (χ4v) is 3.65. The molecule has 6 nitrogen and oxygen atoms in total. The number of halogens is 1. The summed E-state index contributed by atoms with van der Waals surface area (Å²) < 4.78 is 13.9. The average molecular weight is 383 g/mol. The predicted molar refractivity (Wildman–Crippen MR) is 105 cm³/mol. The Kier molecular flexibility index (Phi) is 4.97. The number of aromatic nitrogens is 2. The SMILES string of the molecule is O=C(Nc1ccc(N2CCN(c3ccccc3F)CC2)nn1)c1cccs1. The molecular weight excluding hydrogens is 365 g/mol. The van der Waals surface area contributed by atoms with Crippen LogP contribution in [0.25, 0.3) is 0 Å². The summed E-state index contributed by atoms with van der Waals surface area (Å²) >= 11 is 1.38. The van der Waals surface area contributed by atoms with Crippen molar-refractivity contribution in [1.29, 1.82) is 0 Å². The molecule has 0 spiro atoms. The van der Waals surface area contributed by atoms with Crippen LogP contribution in [-0.2, 0) is 0 Å². The minimum Gasteiger partial charge on any atom is -0.366 e. The van der Waals surface area contributed by atoms with E-state index in [2.05, 4.69) is 20.4 Å². The van der Waals surface area contributed by atoms with Crippen molar-refractivity contribution in [2.24, 2.45) is 0 Å². The van der Waals surface area contributed by atoms with Crippen LogP contribution in [0.15, 0.2) is 53.9 Å². The first kappa shape index (κ1) is 17.4. The van der Waals surface area contributed by atoms with Crippen molar-refractivity contribution in [1.82, 2.24) is 10.2 Å². The maximum atomic E-state index is 13.9. The van der Waals surface area contributed by atoms with Gasteiger partial charge in [-0.15, -0.1) is 21.5 Å². The van der Waals surface area contributed by atoms with E-state index in [1.807, 2.05) is 28.5 Å². The fourth-order valence-electron chi connectivity index (χ4n) is 3.03. The summed E-state index contributed by atoms with van der Waals surface area (Å²) in [6.07, 6.45) is 0. The van der Waals surface area contributed by atoms with Crippen LogP contribution in [0.2, 0.25) is 0 Å². The van der Waals surface area contributed by atoms with E-state index in [0.717, 1.165) is 18.9 Å². The topological polar surface area (TPSA) is 61.4 Å². The molecule has 3 aromatic rings. The third-order valence-corrected chi connectivity index (χ3v) is 5.30. The number of thiophene rings is 1. The van der Waals surface area contributed by atoms with Crippen molar-refractivity contribution in [3.63, 3.8) is 0 Å². The zero-order valence-corrected chi connectivity index (χ0v) is 15.3. The average Bonchev–Trinajstić information content (AvgIpc) is 3.24. The van der Waals surface area contributed by atoms with Crippen molar-refractivity contribution < 1.29 is 9.18 Å². The molecular formula is C19H18FN5OS. The van der Waals surface area contributed by atoms with Crippen molar-refractivity contribution >= 4 is 34.6 Å². The highest BCUT2D eigenvalue weighted by Gasteiger charge is 2.20. The second-order valence-electron chi connectivity index (χ2n) is 6.13. The second-order valence-corrected chi connectivity index (χ2v) is 7.08. The summed E-state index contributed by atoms with van der Waals surface area (Å²) in [4.78, 5) is 16.8.